The summed E-state index contributed by atoms with van der Waals surface area (Å²) in [6, 6.07) is 34.3. The fourth-order valence-corrected chi connectivity index (χ4v) is 18.2. The van der Waals surface area contributed by atoms with Crippen molar-refractivity contribution in [2.75, 3.05) is 28.2 Å². The first-order valence-electron chi connectivity index (χ1n) is 39.3. The van der Waals surface area contributed by atoms with Gasteiger partial charge in [-0.2, -0.15) is 0 Å². The summed E-state index contributed by atoms with van der Waals surface area (Å²) in [5.41, 5.74) is 7.37. The fourth-order valence-electron chi connectivity index (χ4n) is 18.2. The predicted octanol–water partition coefficient (Wildman–Crippen LogP) is 9.30. The van der Waals surface area contributed by atoms with E-state index in [0.717, 1.165) is 60.6 Å². The van der Waals surface area contributed by atoms with Crippen LogP contribution in [-0.4, -0.2) is 140 Å². The van der Waals surface area contributed by atoms with Crippen LogP contribution in [0.3, 0.4) is 0 Å². The number of para-hydroxylation sites is 1. The van der Waals surface area contributed by atoms with E-state index >= 15 is 0 Å². The summed E-state index contributed by atoms with van der Waals surface area (Å²) in [7, 11) is 7.68. The number of fused-ring (bicyclic) bond motifs is 19. The lowest BCUT2D eigenvalue weighted by Gasteiger charge is -2.32. The molecule has 4 atom stereocenters. The summed E-state index contributed by atoms with van der Waals surface area (Å²) < 4.78 is 6.43. The number of ketones is 4. The fraction of sp³-hybridized carbons (Fsp3) is 0.326. The zero-order valence-electron chi connectivity index (χ0n) is 66.3. The van der Waals surface area contributed by atoms with Crippen molar-refractivity contribution in [3.05, 3.63) is 234 Å². The smallest absolute Gasteiger partial charge is 0.259 e. The molecule has 19 rings (SSSR count). The van der Waals surface area contributed by atoms with E-state index in [1.54, 1.807) is 97.5 Å². The van der Waals surface area contributed by atoms with Crippen molar-refractivity contribution < 1.29 is 60.0 Å². The monoisotopic (exact) mass is 1590 g/mol. The number of pyridine rings is 8. The van der Waals surface area contributed by atoms with Crippen molar-refractivity contribution in [2.45, 2.75) is 168 Å². The van der Waals surface area contributed by atoms with Gasteiger partial charge in [-0.25, -0.2) is 19.9 Å². The molecule has 606 valence electrons. The van der Waals surface area contributed by atoms with Crippen LogP contribution >= 0.6 is 0 Å². The van der Waals surface area contributed by atoms with Crippen molar-refractivity contribution in [1.29, 1.82) is 0 Å². The first-order valence-corrected chi connectivity index (χ1v) is 39.3. The molecule has 0 radical (unpaired) electrons. The molecule has 0 fully saturated rings. The van der Waals surface area contributed by atoms with Gasteiger partial charge in [0.15, 0.2) is 23.1 Å². The van der Waals surface area contributed by atoms with Gasteiger partial charge in [0.1, 0.15) is 39.7 Å². The topological polar surface area (TPSA) is 376 Å². The molecule has 0 spiro atoms. The molecule has 9 aromatic heterocycles. The minimum Gasteiger partial charge on any atom is -0.508 e. The maximum Gasteiger partial charge on any atom is 0.259 e. The Bertz CT molecular complexity index is 6860. The molecule has 0 saturated heterocycles. The van der Waals surface area contributed by atoms with Gasteiger partial charge in [-0.05, 0) is 177 Å². The van der Waals surface area contributed by atoms with Gasteiger partial charge >= 0.3 is 0 Å². The van der Waals surface area contributed by atoms with Gasteiger partial charge in [-0.1, -0.05) is 59.9 Å². The Kier molecular flexibility index (Phi) is 20.5. The molecule has 118 heavy (non-hydrogen) atoms. The third-order valence-electron chi connectivity index (χ3n) is 24.7. The van der Waals surface area contributed by atoms with E-state index in [0.29, 0.717) is 146 Å². The average molecular weight is 1590 g/mol. The van der Waals surface area contributed by atoms with Crippen LogP contribution in [0.15, 0.2) is 134 Å². The third-order valence-corrected chi connectivity index (χ3v) is 24.7. The number of hydrogen-bond acceptors (Lipinski definition) is 22. The lowest BCUT2D eigenvalue weighted by atomic mass is 9.77. The van der Waals surface area contributed by atoms with Crippen molar-refractivity contribution in [3.8, 4) is 51.4 Å². The van der Waals surface area contributed by atoms with Crippen LogP contribution in [0.4, 0.5) is 0 Å². The van der Waals surface area contributed by atoms with Crippen LogP contribution in [0, 0.1) is 0 Å². The molecule has 0 unspecified atom stereocenters. The Balaban J connectivity index is 0.000000123. The van der Waals surface area contributed by atoms with Crippen molar-refractivity contribution in [3.63, 3.8) is 0 Å². The number of aliphatic hydroxyl groups is 5. The Labute approximate surface area is 676 Å². The molecule has 12 heterocycles. The number of phenols is 3. The molecule has 0 saturated carbocycles. The molecule has 6 aliphatic rings. The van der Waals surface area contributed by atoms with Crippen molar-refractivity contribution in [2.24, 2.45) is 0 Å². The largest absolute Gasteiger partial charge is 0.508 e. The first-order chi connectivity index (χ1) is 55.7. The van der Waals surface area contributed by atoms with Crippen molar-refractivity contribution >= 4 is 89.7 Å². The number of carbonyl (C=O) groups excluding carboxylic acids is 4. The Morgan fingerprint density at radius 3 is 1.42 bits per heavy atom. The van der Waals surface area contributed by atoms with Gasteiger partial charge in [-0.3, -0.25) is 42.8 Å². The van der Waals surface area contributed by atoms with E-state index in [4.69, 9.17) is 15.0 Å². The third kappa shape index (κ3) is 12.6. The summed E-state index contributed by atoms with van der Waals surface area (Å²) in [6.45, 7) is 14.0. The van der Waals surface area contributed by atoms with Crippen LogP contribution in [0.1, 0.15) is 159 Å². The van der Waals surface area contributed by atoms with Crippen LogP contribution in [0.25, 0.3) is 101 Å². The Morgan fingerprint density at radius 1 is 0.492 bits per heavy atom. The number of hydrogen-bond donors (Lipinski definition) is 8. The Hall–Kier alpha value is -12.1. The van der Waals surface area contributed by atoms with Crippen LogP contribution < -0.4 is 27.6 Å². The number of rotatable bonds is 11. The quantitative estimate of drug-likeness (QED) is 0.0597. The van der Waals surface area contributed by atoms with E-state index in [-0.39, 0.29) is 121 Å². The molecule has 3 aliphatic carbocycles. The van der Waals surface area contributed by atoms with Gasteiger partial charge in [0.05, 0.1) is 98.9 Å². The lowest BCUT2D eigenvalue weighted by molar-refractivity contribution is -0.140. The molecular weight excluding hydrogens is 1500 g/mol. The van der Waals surface area contributed by atoms with Gasteiger partial charge in [0.2, 0.25) is 0 Å². The van der Waals surface area contributed by atoms with E-state index < -0.39 is 40.4 Å². The molecule has 4 aromatic carbocycles. The molecule has 0 bridgehead atoms. The molecule has 13 aromatic rings. The zero-order chi connectivity index (χ0) is 83.3. The van der Waals surface area contributed by atoms with Gasteiger partial charge in [-0.15, -0.1) is 0 Å². The van der Waals surface area contributed by atoms with Crippen LogP contribution in [0.2, 0.25) is 0 Å². The van der Waals surface area contributed by atoms with Crippen LogP contribution in [0.5, 0.6) is 17.2 Å². The summed E-state index contributed by atoms with van der Waals surface area (Å²) in [5, 5.41) is 89.2. The zero-order valence-corrected chi connectivity index (χ0v) is 66.3. The first kappa shape index (κ1) is 81.0. The highest BCUT2D eigenvalue weighted by molar-refractivity contribution is 6.04. The van der Waals surface area contributed by atoms with Gasteiger partial charge in [0.25, 0.3) is 22.2 Å². The Morgan fingerprint density at radius 2 is 0.924 bits per heavy atom. The highest BCUT2D eigenvalue weighted by Crippen LogP contribution is 2.45. The van der Waals surface area contributed by atoms with Gasteiger partial charge < -0.3 is 64.4 Å². The van der Waals surface area contributed by atoms with Gasteiger partial charge in [0, 0.05) is 132 Å². The maximum atomic E-state index is 13.5. The number of aromatic nitrogens is 8. The summed E-state index contributed by atoms with van der Waals surface area (Å²) in [6.07, 6.45) is 2.35. The van der Waals surface area contributed by atoms with E-state index in [9.17, 15) is 79.2 Å². The second-order valence-corrected chi connectivity index (χ2v) is 32.0. The molecule has 3 aliphatic heterocycles. The maximum absolute atomic E-state index is 13.5. The second-order valence-electron chi connectivity index (χ2n) is 32.0. The number of aliphatic hydroxyl groups excluding tert-OH is 1. The average Bonchev–Trinajstić information content (AvgIpc) is 1.54. The van der Waals surface area contributed by atoms with E-state index in [1.807, 2.05) is 86.5 Å². The lowest BCUT2D eigenvalue weighted by Crippen LogP contribution is -2.43. The van der Waals surface area contributed by atoms with Crippen LogP contribution in [-0.2, 0) is 100 Å². The molecule has 0 amide bonds. The standard InChI is InChI=1S/C25H25N3O4.C24H27N3O5.C21H18N2O4.C21H18N2O3.CH4/c1-5-25(32)18-11-20-23-15(13(2)28(20)24(31)14(18)6-9-22(25)30)10-16-17(12-27(3)4)21(29)8-7-19(16)26-23;1-5-24(32,13(2)29)18-9-20-22-14(10-27(20)23(31)17(18)12-28)8-15-16(11-26(3)4)21(30)7-6-19(15)25-22;1-2-21(27)15-9-17-19-12(7-11-8-13(24)3-5-16(11)22-19)10-23(17)20(26)14(15)4-6-18(21)25;1-2-21(26)15-10-17-19-13(9-12-5-3-4-6-16(12)22-19)11-23(17)20(25)14(15)7-8-18(21)24;/h7-8,10-11,29,32H,2,5-6,9,12H2,1,3-4H3;6-9,28,30,32H,5,10-12H2,1-4H3;3,5,7-9,24,27H,2,4,6,10H2,1H3;3-6,9-10,26H,2,7-8,11H2,1H3;1H4/t25-;24-;2*21-;/m0100./s1. The normalized spacial score (nSPS) is 18.3. The summed E-state index contributed by atoms with van der Waals surface area (Å²) >= 11 is 0. The number of nitrogens with zero attached hydrogens (tertiary/aromatic N) is 10. The molecular formula is C92H92N10O16. The van der Waals surface area contributed by atoms with Crippen molar-refractivity contribution in [1.82, 2.24) is 47.8 Å². The van der Waals surface area contributed by atoms with E-state index in [2.05, 4.69) is 17.6 Å². The molecule has 26 heteroatoms. The number of aromatic hydroxyl groups is 3. The number of carbonyl (C=O) groups is 4. The minimum absolute atomic E-state index is 0. The highest BCUT2D eigenvalue weighted by atomic mass is 16.3. The molecule has 8 N–H and O–H groups in total. The highest BCUT2D eigenvalue weighted by Gasteiger charge is 2.47. The van der Waals surface area contributed by atoms with E-state index in [1.165, 1.54) is 15.9 Å². The minimum atomic E-state index is -1.86. The number of benzene rings is 4. The predicted molar refractivity (Wildman–Crippen MR) is 449 cm³/mol. The number of phenolic OH excluding ortho intramolecular Hbond substituents is 3. The second kappa shape index (κ2) is 29.8. The number of Topliss-reactive ketones (excluding diaryl/α,β-unsaturated/α-hetero) is 4. The molecule has 26 nitrogen and oxygen atoms in total. The summed E-state index contributed by atoms with van der Waals surface area (Å²) in [5.74, 6) is -0.660. The summed E-state index contributed by atoms with van der Waals surface area (Å²) in [4.78, 5) is 125. The SMILES string of the molecule is C.C=c1c2cc3c(CN(C)C)c(O)ccc3nc2c2cc3c(c(=O)n12)CCC(=O)[C@]3(O)CC.CC[C@@](O)(C(C)=O)c1cc2n(c(=O)c1CO)Cc1cc3c(CN(C)C)c(O)ccc3nc1-2.CC[C@@]1(O)C(=O)CCc2c1cc1n(c2=O)Cc2cc3cc(O)ccc3nc2-1.CC[C@@]1(O)C(=O)CCc2c1cc1n(c2=O)Cc2cc3ccccc3nc2-1.